The molecule has 6 nitrogen and oxygen atoms in total. The van der Waals surface area contributed by atoms with Gasteiger partial charge in [-0.15, -0.1) is 10.2 Å². The fraction of sp³-hybridized carbons (Fsp3) is 0.400. The molecule has 2 saturated heterocycles. The monoisotopic (exact) mass is 284 g/mol. The number of carbonyl (C=O) groups excluding carboxylic acids is 1. The zero-order valence-electron chi connectivity index (χ0n) is 11.5. The summed E-state index contributed by atoms with van der Waals surface area (Å²) in [6.45, 7) is 0. The van der Waals surface area contributed by atoms with E-state index in [2.05, 4.69) is 20.8 Å². The molecule has 1 amide bonds. The third-order valence-corrected chi connectivity index (χ3v) is 4.26. The maximum absolute atomic E-state index is 12.2. The predicted octanol–water partition coefficient (Wildman–Crippen LogP) is 1.36. The van der Waals surface area contributed by atoms with Crippen molar-refractivity contribution in [3.8, 4) is 11.5 Å². The number of rotatable bonds is 3. The largest absolute Gasteiger partial charge is 0.412 e. The molecule has 2 aliphatic heterocycles. The number of carbonyl (C=O) groups is 1. The first-order chi connectivity index (χ1) is 10.3. The van der Waals surface area contributed by atoms with Crippen LogP contribution in [0.25, 0.3) is 11.5 Å². The Kier molecular flexibility index (Phi) is 2.96. The van der Waals surface area contributed by atoms with Crippen LogP contribution in [-0.2, 0) is 0 Å². The SMILES string of the molecule is O=C(N[C@@H]1C[C@@H]2CC[C@@H]1N2)c1nnc(-c2ccccc2)o1. The molecule has 108 valence electrons. The van der Waals surface area contributed by atoms with Gasteiger partial charge in [0, 0.05) is 23.7 Å². The lowest BCUT2D eigenvalue weighted by Crippen LogP contribution is -2.43. The predicted molar refractivity (Wildman–Crippen MR) is 75.6 cm³/mol. The van der Waals surface area contributed by atoms with Gasteiger partial charge in [0.05, 0.1) is 0 Å². The van der Waals surface area contributed by atoms with Crippen LogP contribution >= 0.6 is 0 Å². The molecule has 0 unspecified atom stereocenters. The molecule has 2 N–H and O–H groups in total. The summed E-state index contributed by atoms with van der Waals surface area (Å²) >= 11 is 0. The smallest absolute Gasteiger partial charge is 0.309 e. The molecule has 6 heteroatoms. The minimum Gasteiger partial charge on any atom is -0.412 e. The lowest BCUT2D eigenvalue weighted by atomic mass is 9.95. The maximum Gasteiger partial charge on any atom is 0.309 e. The van der Waals surface area contributed by atoms with E-state index in [9.17, 15) is 4.79 Å². The number of aromatic nitrogens is 2. The first kappa shape index (κ1) is 12.5. The summed E-state index contributed by atoms with van der Waals surface area (Å²) in [5, 5.41) is 14.3. The molecule has 0 aliphatic carbocycles. The molecular weight excluding hydrogens is 268 g/mol. The summed E-state index contributed by atoms with van der Waals surface area (Å²) < 4.78 is 5.47. The summed E-state index contributed by atoms with van der Waals surface area (Å²) in [7, 11) is 0. The molecule has 4 rings (SSSR count). The van der Waals surface area contributed by atoms with Crippen LogP contribution in [0.3, 0.4) is 0 Å². The molecule has 2 fully saturated rings. The number of benzene rings is 1. The molecule has 1 aromatic carbocycles. The van der Waals surface area contributed by atoms with Gasteiger partial charge in [0.15, 0.2) is 0 Å². The maximum atomic E-state index is 12.2. The van der Waals surface area contributed by atoms with Gasteiger partial charge in [-0.05, 0) is 31.4 Å². The van der Waals surface area contributed by atoms with E-state index in [1.807, 2.05) is 30.3 Å². The van der Waals surface area contributed by atoms with Crippen LogP contribution in [0.15, 0.2) is 34.7 Å². The molecule has 1 aromatic heterocycles. The van der Waals surface area contributed by atoms with E-state index in [0.29, 0.717) is 18.0 Å². The molecule has 2 aliphatic rings. The van der Waals surface area contributed by atoms with Crippen LogP contribution in [0.1, 0.15) is 29.9 Å². The standard InChI is InChI=1S/C15H16N4O2/c20-13(17-12-8-10-6-7-11(12)16-10)15-19-18-14(21-15)9-4-2-1-3-5-9/h1-5,10-12,16H,6-8H2,(H,17,20)/t10-,11-,12+/m0/s1. The van der Waals surface area contributed by atoms with Crippen LogP contribution < -0.4 is 10.6 Å². The van der Waals surface area contributed by atoms with E-state index in [4.69, 9.17) is 4.42 Å². The lowest BCUT2D eigenvalue weighted by molar-refractivity contribution is 0.0896. The Bertz CT molecular complexity index is 655. The van der Waals surface area contributed by atoms with Crippen molar-refractivity contribution in [2.75, 3.05) is 0 Å². The molecule has 3 atom stereocenters. The third kappa shape index (κ3) is 2.31. The first-order valence-corrected chi connectivity index (χ1v) is 7.25. The van der Waals surface area contributed by atoms with E-state index in [0.717, 1.165) is 18.4 Å². The molecule has 0 radical (unpaired) electrons. The Labute approximate surface area is 121 Å². The van der Waals surface area contributed by atoms with Gasteiger partial charge in [-0.2, -0.15) is 0 Å². The van der Waals surface area contributed by atoms with E-state index >= 15 is 0 Å². The van der Waals surface area contributed by atoms with Crippen molar-refractivity contribution < 1.29 is 9.21 Å². The summed E-state index contributed by atoms with van der Waals surface area (Å²) in [4.78, 5) is 12.2. The normalized spacial score (nSPS) is 27.0. The Morgan fingerprint density at radius 3 is 2.81 bits per heavy atom. The Balaban J connectivity index is 1.47. The highest BCUT2D eigenvalue weighted by atomic mass is 16.4. The van der Waals surface area contributed by atoms with Crippen molar-refractivity contribution in [3.63, 3.8) is 0 Å². The highest BCUT2D eigenvalue weighted by Crippen LogP contribution is 2.28. The highest BCUT2D eigenvalue weighted by molar-refractivity contribution is 5.90. The zero-order valence-corrected chi connectivity index (χ0v) is 11.5. The van der Waals surface area contributed by atoms with Gasteiger partial charge >= 0.3 is 11.8 Å². The van der Waals surface area contributed by atoms with Gasteiger partial charge < -0.3 is 15.1 Å². The van der Waals surface area contributed by atoms with Crippen molar-refractivity contribution in [1.29, 1.82) is 0 Å². The summed E-state index contributed by atoms with van der Waals surface area (Å²) in [5.74, 6) is 0.104. The Morgan fingerprint density at radius 1 is 1.24 bits per heavy atom. The van der Waals surface area contributed by atoms with Crippen molar-refractivity contribution in [3.05, 3.63) is 36.2 Å². The molecule has 2 bridgehead atoms. The van der Waals surface area contributed by atoms with Crippen molar-refractivity contribution in [1.82, 2.24) is 20.8 Å². The first-order valence-electron chi connectivity index (χ1n) is 7.25. The molecular formula is C15H16N4O2. The number of fused-ring (bicyclic) bond motifs is 2. The highest BCUT2D eigenvalue weighted by Gasteiger charge is 2.40. The summed E-state index contributed by atoms with van der Waals surface area (Å²) in [5.41, 5.74) is 0.811. The minimum atomic E-state index is -0.288. The minimum absolute atomic E-state index is 0.0247. The lowest BCUT2D eigenvalue weighted by Gasteiger charge is -2.20. The number of hydrogen-bond acceptors (Lipinski definition) is 5. The number of nitrogens with zero attached hydrogens (tertiary/aromatic N) is 2. The van der Waals surface area contributed by atoms with Crippen LogP contribution in [-0.4, -0.2) is 34.2 Å². The number of hydrogen-bond donors (Lipinski definition) is 2. The van der Waals surface area contributed by atoms with E-state index in [1.165, 1.54) is 6.42 Å². The fourth-order valence-electron chi connectivity index (χ4n) is 3.23. The topological polar surface area (TPSA) is 80.0 Å². The molecule has 2 aromatic rings. The van der Waals surface area contributed by atoms with Crippen molar-refractivity contribution in [2.45, 2.75) is 37.4 Å². The second-order valence-electron chi connectivity index (χ2n) is 5.64. The quantitative estimate of drug-likeness (QED) is 0.889. The molecule has 21 heavy (non-hydrogen) atoms. The van der Waals surface area contributed by atoms with Gasteiger partial charge in [-0.3, -0.25) is 4.79 Å². The number of amides is 1. The van der Waals surface area contributed by atoms with Gasteiger partial charge in [-0.25, -0.2) is 0 Å². The Morgan fingerprint density at radius 2 is 2.10 bits per heavy atom. The van der Waals surface area contributed by atoms with Crippen molar-refractivity contribution in [2.24, 2.45) is 0 Å². The van der Waals surface area contributed by atoms with Gasteiger partial charge in [-0.1, -0.05) is 18.2 Å². The van der Waals surface area contributed by atoms with Gasteiger partial charge in [0.1, 0.15) is 0 Å². The average molecular weight is 284 g/mol. The third-order valence-electron chi connectivity index (χ3n) is 4.26. The average Bonchev–Trinajstić information content (AvgIpc) is 3.24. The van der Waals surface area contributed by atoms with Crippen LogP contribution in [0, 0.1) is 0 Å². The van der Waals surface area contributed by atoms with E-state index in [-0.39, 0.29) is 17.8 Å². The zero-order chi connectivity index (χ0) is 14.2. The second-order valence-corrected chi connectivity index (χ2v) is 5.64. The van der Waals surface area contributed by atoms with Crippen molar-refractivity contribution >= 4 is 5.91 Å². The van der Waals surface area contributed by atoms with Crippen LogP contribution in [0.2, 0.25) is 0 Å². The molecule has 0 spiro atoms. The molecule has 0 saturated carbocycles. The van der Waals surface area contributed by atoms with E-state index in [1.54, 1.807) is 0 Å². The summed E-state index contributed by atoms with van der Waals surface area (Å²) in [6.07, 6.45) is 3.31. The van der Waals surface area contributed by atoms with Crippen LogP contribution in [0.5, 0.6) is 0 Å². The summed E-state index contributed by atoms with van der Waals surface area (Å²) in [6, 6.07) is 10.5. The fourth-order valence-corrected chi connectivity index (χ4v) is 3.23. The van der Waals surface area contributed by atoms with Crippen LogP contribution in [0.4, 0.5) is 0 Å². The second kappa shape index (κ2) is 4.96. The Hall–Kier alpha value is -2.21. The van der Waals surface area contributed by atoms with E-state index < -0.39 is 0 Å². The van der Waals surface area contributed by atoms with Gasteiger partial charge in [0.25, 0.3) is 0 Å². The molecule has 3 heterocycles. The van der Waals surface area contributed by atoms with Gasteiger partial charge in [0.2, 0.25) is 5.89 Å². The number of nitrogens with one attached hydrogen (secondary N) is 2.